The normalized spacial score (nSPS) is 16.9. The minimum atomic E-state index is -0.109. The third kappa shape index (κ3) is 3.09. The lowest BCUT2D eigenvalue weighted by Gasteiger charge is -2.32. The molecule has 7 heteroatoms. The van der Waals surface area contributed by atoms with Gasteiger partial charge < -0.3 is 20.1 Å². The fraction of sp³-hybridized carbons (Fsp3) is 0.273. The number of aromatic nitrogens is 1. The Kier molecular flexibility index (Phi) is 4.33. The van der Waals surface area contributed by atoms with E-state index in [1.165, 1.54) is 0 Å². The van der Waals surface area contributed by atoms with Gasteiger partial charge in [0.1, 0.15) is 0 Å². The third-order valence-corrected chi connectivity index (χ3v) is 6.21. The summed E-state index contributed by atoms with van der Waals surface area (Å²) in [6.07, 6.45) is 0. The van der Waals surface area contributed by atoms with Crippen molar-refractivity contribution in [1.29, 1.82) is 0 Å². The summed E-state index contributed by atoms with van der Waals surface area (Å²) in [5.41, 5.74) is 4.73. The quantitative estimate of drug-likeness (QED) is 0.684. The summed E-state index contributed by atoms with van der Waals surface area (Å²) < 4.78 is 0. The van der Waals surface area contributed by atoms with Crippen LogP contribution in [0, 0.1) is 0 Å². The number of carbonyl (C=O) groups excluding carboxylic acids is 2. The molecule has 0 atom stereocenters. The van der Waals surface area contributed by atoms with Gasteiger partial charge in [-0.2, -0.15) is 0 Å². The number of piperazine rings is 1. The standard InChI is InChI=1S/C22H21ClN4O2/c1-26-6-8-27(9-7-26)22(29)13-2-5-18-14(10-13)11-19(25-18)15-3-4-17(23)16-12-24-21(28)20(15)16/h2-5,10-11,25H,6-9,12H2,1H3,(H,24,28). The Balaban J connectivity index is 1.51. The predicted octanol–water partition coefficient (Wildman–Crippen LogP) is 3.12. The van der Waals surface area contributed by atoms with Gasteiger partial charge in [0, 0.05) is 71.0 Å². The lowest BCUT2D eigenvalue weighted by molar-refractivity contribution is 0.0664. The van der Waals surface area contributed by atoms with E-state index in [1.807, 2.05) is 41.3 Å². The van der Waals surface area contributed by atoms with Crippen molar-refractivity contribution < 1.29 is 9.59 Å². The lowest BCUT2D eigenvalue weighted by atomic mass is 10.0. The molecule has 5 rings (SSSR count). The van der Waals surface area contributed by atoms with Crippen LogP contribution >= 0.6 is 11.6 Å². The van der Waals surface area contributed by atoms with E-state index in [-0.39, 0.29) is 11.8 Å². The van der Waals surface area contributed by atoms with E-state index < -0.39 is 0 Å². The van der Waals surface area contributed by atoms with E-state index in [0.29, 0.717) is 22.7 Å². The zero-order valence-electron chi connectivity index (χ0n) is 16.1. The zero-order chi connectivity index (χ0) is 20.1. The third-order valence-electron chi connectivity index (χ3n) is 5.86. The molecule has 0 unspecified atom stereocenters. The van der Waals surface area contributed by atoms with Crippen LogP contribution in [0.5, 0.6) is 0 Å². The molecule has 148 valence electrons. The Morgan fingerprint density at radius 2 is 1.86 bits per heavy atom. The number of H-pyrrole nitrogens is 1. The van der Waals surface area contributed by atoms with E-state index >= 15 is 0 Å². The molecule has 0 aliphatic carbocycles. The van der Waals surface area contributed by atoms with Crippen molar-refractivity contribution >= 4 is 34.3 Å². The molecule has 2 aliphatic rings. The largest absolute Gasteiger partial charge is 0.355 e. The van der Waals surface area contributed by atoms with Gasteiger partial charge >= 0.3 is 0 Å². The van der Waals surface area contributed by atoms with E-state index in [4.69, 9.17) is 11.6 Å². The molecule has 0 radical (unpaired) electrons. The van der Waals surface area contributed by atoms with Crippen LogP contribution in [0.3, 0.4) is 0 Å². The summed E-state index contributed by atoms with van der Waals surface area (Å²) >= 11 is 6.26. The molecular formula is C22H21ClN4O2. The van der Waals surface area contributed by atoms with E-state index in [2.05, 4.69) is 22.2 Å². The summed E-state index contributed by atoms with van der Waals surface area (Å²) in [6.45, 7) is 3.73. The second kappa shape index (κ2) is 6.90. The smallest absolute Gasteiger partial charge is 0.253 e. The number of nitrogens with one attached hydrogen (secondary N) is 2. The Bertz CT molecular complexity index is 1150. The molecule has 0 bridgehead atoms. The molecule has 1 aromatic heterocycles. The van der Waals surface area contributed by atoms with Crippen LogP contribution in [-0.4, -0.2) is 59.8 Å². The van der Waals surface area contributed by atoms with Crippen molar-refractivity contribution in [3.8, 4) is 11.3 Å². The molecule has 2 N–H and O–H groups in total. The number of hydrogen-bond donors (Lipinski definition) is 2. The highest BCUT2D eigenvalue weighted by Gasteiger charge is 2.26. The first kappa shape index (κ1) is 18.2. The first-order chi connectivity index (χ1) is 14.0. The van der Waals surface area contributed by atoms with Gasteiger partial charge in [-0.1, -0.05) is 17.7 Å². The van der Waals surface area contributed by atoms with Gasteiger partial charge in [0.05, 0.1) is 5.56 Å². The maximum atomic E-state index is 12.9. The summed E-state index contributed by atoms with van der Waals surface area (Å²) in [5.74, 6) is -0.0448. The van der Waals surface area contributed by atoms with E-state index in [0.717, 1.165) is 53.9 Å². The molecule has 3 heterocycles. The SMILES string of the molecule is CN1CCN(C(=O)c2ccc3[nH]c(-c4ccc(Cl)c5c4C(=O)NC5)cc3c2)CC1. The number of hydrogen-bond acceptors (Lipinski definition) is 3. The van der Waals surface area contributed by atoms with Crippen molar-refractivity contribution in [2.45, 2.75) is 6.54 Å². The lowest BCUT2D eigenvalue weighted by Crippen LogP contribution is -2.47. The first-order valence-corrected chi connectivity index (χ1v) is 10.1. The van der Waals surface area contributed by atoms with Gasteiger partial charge in [-0.25, -0.2) is 0 Å². The van der Waals surface area contributed by atoms with Gasteiger partial charge in [-0.05, 0) is 37.4 Å². The second-order valence-electron chi connectivity index (χ2n) is 7.71. The monoisotopic (exact) mass is 408 g/mol. The first-order valence-electron chi connectivity index (χ1n) is 9.72. The van der Waals surface area contributed by atoms with Gasteiger partial charge in [-0.15, -0.1) is 0 Å². The minimum Gasteiger partial charge on any atom is -0.355 e. The van der Waals surface area contributed by atoms with Crippen molar-refractivity contribution in [1.82, 2.24) is 20.1 Å². The fourth-order valence-electron chi connectivity index (χ4n) is 4.14. The summed E-state index contributed by atoms with van der Waals surface area (Å²) in [6, 6.07) is 11.4. The van der Waals surface area contributed by atoms with Crippen LogP contribution in [0.1, 0.15) is 26.3 Å². The van der Waals surface area contributed by atoms with Crippen LogP contribution in [0.2, 0.25) is 5.02 Å². The number of halogens is 1. The Labute approximate surface area is 173 Å². The highest BCUT2D eigenvalue weighted by Crippen LogP contribution is 2.34. The number of benzene rings is 2. The van der Waals surface area contributed by atoms with Gasteiger partial charge in [0.15, 0.2) is 0 Å². The van der Waals surface area contributed by atoms with Crippen LogP contribution in [-0.2, 0) is 6.54 Å². The number of amides is 2. The molecule has 1 fully saturated rings. The molecule has 6 nitrogen and oxygen atoms in total. The fourth-order valence-corrected chi connectivity index (χ4v) is 4.36. The Morgan fingerprint density at radius 1 is 1.07 bits per heavy atom. The van der Waals surface area contributed by atoms with Crippen LogP contribution in [0.4, 0.5) is 0 Å². The molecule has 29 heavy (non-hydrogen) atoms. The number of likely N-dealkylation sites (N-methyl/N-ethyl adjacent to an activating group) is 1. The predicted molar refractivity (Wildman–Crippen MR) is 113 cm³/mol. The summed E-state index contributed by atoms with van der Waals surface area (Å²) in [5, 5.41) is 4.38. The molecule has 2 aliphatic heterocycles. The number of rotatable bonds is 2. The van der Waals surface area contributed by atoms with E-state index in [9.17, 15) is 9.59 Å². The Hall–Kier alpha value is -2.83. The van der Waals surface area contributed by atoms with Gasteiger partial charge in [0.25, 0.3) is 11.8 Å². The summed E-state index contributed by atoms with van der Waals surface area (Å²) in [4.78, 5) is 32.7. The number of aromatic amines is 1. The van der Waals surface area contributed by atoms with Crippen molar-refractivity contribution in [2.24, 2.45) is 0 Å². The maximum absolute atomic E-state index is 12.9. The Morgan fingerprint density at radius 3 is 2.66 bits per heavy atom. The van der Waals surface area contributed by atoms with E-state index in [1.54, 1.807) is 0 Å². The molecular weight excluding hydrogens is 388 g/mol. The minimum absolute atomic E-state index is 0.0644. The number of fused-ring (bicyclic) bond motifs is 2. The average Bonchev–Trinajstić information content (AvgIpc) is 3.32. The van der Waals surface area contributed by atoms with Crippen molar-refractivity contribution in [2.75, 3.05) is 33.2 Å². The van der Waals surface area contributed by atoms with Crippen LogP contribution < -0.4 is 5.32 Å². The molecule has 2 amide bonds. The number of nitrogens with zero attached hydrogens (tertiary/aromatic N) is 2. The summed E-state index contributed by atoms with van der Waals surface area (Å²) in [7, 11) is 2.07. The topological polar surface area (TPSA) is 68.4 Å². The highest BCUT2D eigenvalue weighted by atomic mass is 35.5. The molecule has 0 saturated carbocycles. The maximum Gasteiger partial charge on any atom is 0.253 e. The van der Waals surface area contributed by atoms with Gasteiger partial charge in [0.2, 0.25) is 0 Å². The van der Waals surface area contributed by atoms with Crippen molar-refractivity contribution in [3.63, 3.8) is 0 Å². The number of carbonyl (C=O) groups is 2. The highest BCUT2D eigenvalue weighted by molar-refractivity contribution is 6.32. The van der Waals surface area contributed by atoms with Crippen LogP contribution in [0.15, 0.2) is 36.4 Å². The van der Waals surface area contributed by atoms with Crippen LogP contribution in [0.25, 0.3) is 22.2 Å². The molecule has 3 aromatic rings. The molecule has 0 spiro atoms. The molecule has 1 saturated heterocycles. The molecule has 2 aromatic carbocycles. The second-order valence-corrected chi connectivity index (χ2v) is 8.12. The zero-order valence-corrected chi connectivity index (χ0v) is 16.8. The van der Waals surface area contributed by atoms with Gasteiger partial charge in [-0.3, -0.25) is 9.59 Å². The van der Waals surface area contributed by atoms with Crippen molar-refractivity contribution in [3.05, 3.63) is 58.1 Å². The average molecular weight is 409 g/mol.